The van der Waals surface area contributed by atoms with E-state index in [4.69, 9.17) is 0 Å². The van der Waals surface area contributed by atoms with Crippen molar-refractivity contribution in [1.29, 1.82) is 0 Å². The van der Waals surface area contributed by atoms with E-state index < -0.39 is 18.6 Å². The van der Waals surface area contributed by atoms with Crippen LogP contribution in [0.4, 0.5) is 19.0 Å². The van der Waals surface area contributed by atoms with Gasteiger partial charge in [0, 0.05) is 18.3 Å². The Morgan fingerprint density at radius 1 is 1.41 bits per heavy atom. The predicted octanol–water partition coefficient (Wildman–Crippen LogP) is 1.72. The first-order chi connectivity index (χ1) is 7.81. The van der Waals surface area contributed by atoms with Crippen molar-refractivity contribution in [3.05, 3.63) is 23.4 Å². The van der Waals surface area contributed by atoms with E-state index in [-0.39, 0.29) is 5.56 Å². The fraction of sp³-hybridized carbons (Fsp3) is 0.400. The van der Waals surface area contributed by atoms with Gasteiger partial charge in [-0.25, -0.2) is 4.98 Å². The smallest absolute Gasteiger partial charge is 0.373 e. The number of nitrogens with zero attached hydrogens (tertiary/aromatic N) is 1. The normalized spacial score (nSPS) is 11.1. The van der Waals surface area contributed by atoms with Gasteiger partial charge in [0.25, 0.3) is 5.91 Å². The van der Waals surface area contributed by atoms with Gasteiger partial charge in [0.1, 0.15) is 12.4 Å². The molecule has 2 N–H and O–H groups in total. The number of carbonyl (C=O) groups excluding carboxylic acids is 1. The molecule has 0 aromatic carbocycles. The second-order valence-corrected chi connectivity index (χ2v) is 3.43. The monoisotopic (exact) mass is 247 g/mol. The quantitative estimate of drug-likeness (QED) is 0.855. The van der Waals surface area contributed by atoms with Crippen LogP contribution in [0.5, 0.6) is 0 Å². The fourth-order valence-electron chi connectivity index (χ4n) is 1.21. The topological polar surface area (TPSA) is 54.0 Å². The number of anilines is 1. The first kappa shape index (κ1) is 13.3. The van der Waals surface area contributed by atoms with Gasteiger partial charge in [-0.05, 0) is 19.1 Å². The predicted molar refractivity (Wildman–Crippen MR) is 56.9 cm³/mol. The van der Waals surface area contributed by atoms with Crippen LogP contribution < -0.4 is 10.6 Å². The van der Waals surface area contributed by atoms with Crippen molar-refractivity contribution in [2.45, 2.75) is 13.1 Å². The number of nitrogens with one attached hydrogen (secondary N) is 2. The molecule has 0 bridgehead atoms. The number of hydrogen-bond acceptors (Lipinski definition) is 3. The minimum atomic E-state index is -4.41. The Balaban J connectivity index is 2.78. The van der Waals surface area contributed by atoms with Crippen molar-refractivity contribution in [3.8, 4) is 0 Å². The number of aryl methyl sites for hydroxylation is 1. The molecule has 1 aromatic rings. The summed E-state index contributed by atoms with van der Waals surface area (Å²) < 4.78 is 35.8. The van der Waals surface area contributed by atoms with Gasteiger partial charge in [0.05, 0.1) is 0 Å². The number of hydrogen-bond donors (Lipinski definition) is 2. The van der Waals surface area contributed by atoms with Crippen molar-refractivity contribution < 1.29 is 18.0 Å². The van der Waals surface area contributed by atoms with E-state index in [1.54, 1.807) is 19.3 Å². The molecule has 4 nitrogen and oxygen atoms in total. The molecule has 0 radical (unpaired) electrons. The molecule has 0 saturated carbocycles. The molecular weight excluding hydrogens is 235 g/mol. The molecule has 1 aromatic heterocycles. The molecule has 0 aliphatic carbocycles. The summed E-state index contributed by atoms with van der Waals surface area (Å²) in [4.78, 5) is 15.5. The van der Waals surface area contributed by atoms with Crippen LogP contribution in [-0.4, -0.2) is 30.7 Å². The minimum Gasteiger partial charge on any atom is -0.373 e. The summed E-state index contributed by atoms with van der Waals surface area (Å²) in [6.07, 6.45) is -4.41. The Bertz CT molecular complexity index is 418. The van der Waals surface area contributed by atoms with Crippen LogP contribution in [0.2, 0.25) is 0 Å². The molecular formula is C10H12F3N3O. The van der Waals surface area contributed by atoms with Gasteiger partial charge in [-0.1, -0.05) is 0 Å². The number of amides is 1. The summed E-state index contributed by atoms with van der Waals surface area (Å²) in [6, 6.07) is 2.81. The molecule has 1 rings (SSSR count). The standard InChI is InChI=1S/C10H12F3N3O/c1-6-3-7(4-8(14-2)16-6)9(17)15-5-10(11,12)13/h3-4H,5H2,1-2H3,(H,14,16)(H,15,17). The molecule has 0 fully saturated rings. The highest BCUT2D eigenvalue weighted by molar-refractivity contribution is 5.95. The maximum absolute atomic E-state index is 11.9. The van der Waals surface area contributed by atoms with Crippen LogP contribution in [0.3, 0.4) is 0 Å². The van der Waals surface area contributed by atoms with E-state index >= 15 is 0 Å². The Morgan fingerprint density at radius 2 is 2.06 bits per heavy atom. The van der Waals surface area contributed by atoms with Crippen molar-refractivity contribution >= 4 is 11.7 Å². The van der Waals surface area contributed by atoms with Crippen LogP contribution in [0.1, 0.15) is 16.1 Å². The van der Waals surface area contributed by atoms with Crippen LogP contribution >= 0.6 is 0 Å². The third-order valence-corrected chi connectivity index (χ3v) is 1.92. The maximum Gasteiger partial charge on any atom is 0.405 e. The number of pyridine rings is 1. The lowest BCUT2D eigenvalue weighted by Crippen LogP contribution is -2.33. The zero-order valence-electron chi connectivity index (χ0n) is 9.35. The lowest BCUT2D eigenvalue weighted by Gasteiger charge is -2.09. The van der Waals surface area contributed by atoms with Crippen molar-refractivity contribution in [1.82, 2.24) is 10.3 Å². The first-order valence-corrected chi connectivity index (χ1v) is 4.83. The summed E-state index contributed by atoms with van der Waals surface area (Å²) in [7, 11) is 1.61. The minimum absolute atomic E-state index is 0.145. The lowest BCUT2D eigenvalue weighted by atomic mass is 10.2. The number of aromatic nitrogens is 1. The Hall–Kier alpha value is -1.79. The third-order valence-electron chi connectivity index (χ3n) is 1.92. The molecule has 7 heteroatoms. The number of alkyl halides is 3. The highest BCUT2D eigenvalue weighted by Gasteiger charge is 2.27. The number of rotatable bonds is 3. The Morgan fingerprint density at radius 3 is 2.59 bits per heavy atom. The lowest BCUT2D eigenvalue weighted by molar-refractivity contribution is -0.123. The summed E-state index contributed by atoms with van der Waals surface area (Å²) in [5, 5.41) is 4.52. The van der Waals surface area contributed by atoms with E-state index in [1.807, 2.05) is 0 Å². The second kappa shape index (κ2) is 5.03. The summed E-state index contributed by atoms with van der Waals surface area (Å²) in [5.41, 5.74) is 0.695. The molecule has 1 heterocycles. The van der Waals surface area contributed by atoms with E-state index in [1.165, 1.54) is 12.1 Å². The first-order valence-electron chi connectivity index (χ1n) is 4.83. The van der Waals surface area contributed by atoms with E-state index in [2.05, 4.69) is 10.3 Å². The molecule has 0 spiro atoms. The highest BCUT2D eigenvalue weighted by Crippen LogP contribution is 2.14. The van der Waals surface area contributed by atoms with Gasteiger partial charge < -0.3 is 10.6 Å². The molecule has 0 atom stereocenters. The number of carbonyl (C=O) groups is 1. The molecule has 1 amide bonds. The van der Waals surface area contributed by atoms with Crippen LogP contribution in [0.25, 0.3) is 0 Å². The van der Waals surface area contributed by atoms with Gasteiger partial charge in [0.15, 0.2) is 0 Å². The van der Waals surface area contributed by atoms with Gasteiger partial charge >= 0.3 is 6.18 Å². The van der Waals surface area contributed by atoms with Gasteiger partial charge in [-0.2, -0.15) is 13.2 Å². The Labute approximate surface area is 96.2 Å². The van der Waals surface area contributed by atoms with Crippen LogP contribution in [-0.2, 0) is 0 Å². The summed E-state index contributed by atoms with van der Waals surface area (Å²) in [6.45, 7) is 0.309. The highest BCUT2D eigenvalue weighted by atomic mass is 19.4. The van der Waals surface area contributed by atoms with Gasteiger partial charge in [0.2, 0.25) is 0 Å². The van der Waals surface area contributed by atoms with Crippen LogP contribution in [0, 0.1) is 6.92 Å². The van der Waals surface area contributed by atoms with Crippen LogP contribution in [0.15, 0.2) is 12.1 Å². The fourth-order valence-corrected chi connectivity index (χ4v) is 1.21. The SMILES string of the molecule is CNc1cc(C(=O)NCC(F)(F)F)cc(C)n1. The second-order valence-electron chi connectivity index (χ2n) is 3.43. The number of halogens is 3. The summed E-state index contributed by atoms with van der Waals surface area (Å²) in [5.74, 6) is -0.341. The van der Waals surface area contributed by atoms with Gasteiger partial charge in [-0.15, -0.1) is 0 Å². The van der Waals surface area contributed by atoms with E-state index in [9.17, 15) is 18.0 Å². The van der Waals surface area contributed by atoms with Crippen molar-refractivity contribution in [3.63, 3.8) is 0 Å². The average molecular weight is 247 g/mol. The van der Waals surface area contributed by atoms with Crippen molar-refractivity contribution in [2.75, 3.05) is 18.9 Å². The summed E-state index contributed by atoms with van der Waals surface area (Å²) >= 11 is 0. The third kappa shape index (κ3) is 4.29. The van der Waals surface area contributed by atoms with Crippen molar-refractivity contribution in [2.24, 2.45) is 0 Å². The maximum atomic E-state index is 11.9. The molecule has 94 valence electrons. The van der Waals surface area contributed by atoms with Gasteiger partial charge in [-0.3, -0.25) is 4.79 Å². The average Bonchev–Trinajstić information content (AvgIpc) is 2.23. The molecule has 0 saturated heterocycles. The molecule has 0 unspecified atom stereocenters. The van der Waals surface area contributed by atoms with E-state index in [0.29, 0.717) is 11.5 Å². The zero-order chi connectivity index (χ0) is 13.1. The van der Waals surface area contributed by atoms with E-state index in [0.717, 1.165) is 0 Å². The molecule has 0 aliphatic rings. The Kier molecular flexibility index (Phi) is 3.93. The molecule has 17 heavy (non-hydrogen) atoms. The zero-order valence-corrected chi connectivity index (χ0v) is 9.35. The largest absolute Gasteiger partial charge is 0.405 e. The molecule has 0 aliphatic heterocycles.